The van der Waals surface area contributed by atoms with Gasteiger partial charge in [-0.3, -0.25) is 0 Å². The van der Waals surface area contributed by atoms with E-state index in [9.17, 15) is 0 Å². The summed E-state index contributed by atoms with van der Waals surface area (Å²) >= 11 is 3.98. The largest absolute Gasteiger partial charge is 1.00 e. The van der Waals surface area contributed by atoms with E-state index in [-0.39, 0.29) is 34.7 Å². The van der Waals surface area contributed by atoms with Crippen LogP contribution in [0.4, 0.5) is 0 Å². The van der Waals surface area contributed by atoms with Gasteiger partial charge in [-0.15, -0.1) is 0 Å². The van der Waals surface area contributed by atoms with Crippen LogP contribution in [0.3, 0.4) is 0 Å². The van der Waals surface area contributed by atoms with Crippen molar-refractivity contribution in [3.8, 4) is 0 Å². The third-order valence-electron chi connectivity index (χ3n) is 0. The van der Waals surface area contributed by atoms with Crippen LogP contribution in [0.2, 0.25) is 0 Å². The van der Waals surface area contributed by atoms with E-state index in [1.165, 1.54) is 0 Å². The van der Waals surface area contributed by atoms with Crippen molar-refractivity contribution in [3.05, 3.63) is 0 Å². The molecule has 0 spiro atoms. The van der Waals surface area contributed by atoms with Crippen molar-refractivity contribution < 1.29 is 29.6 Å². The summed E-state index contributed by atoms with van der Waals surface area (Å²) in [5.41, 5.74) is 4.51. The molecule has 0 unspecified atom stereocenters. The maximum Gasteiger partial charge on any atom is 1.00 e. The number of nitrogens with two attached hydrogens (primary N) is 1. The third kappa shape index (κ3) is 71.3. The van der Waals surface area contributed by atoms with Gasteiger partial charge in [0.15, 0.2) is 0 Å². The van der Waals surface area contributed by atoms with Gasteiger partial charge in [0.25, 0.3) is 0 Å². The smallest absolute Gasteiger partial charge is 0.744 e. The first-order chi connectivity index (χ1) is 1.73. The molecular formula is CH3N2NaS. The van der Waals surface area contributed by atoms with E-state index in [4.69, 9.17) is 5.41 Å². The Hall–Kier alpha value is 0.690. The van der Waals surface area contributed by atoms with Crippen LogP contribution in [-0.4, -0.2) is 5.17 Å². The molecule has 0 rings (SSSR count). The fraction of sp³-hybridized carbons (Fsp3) is 0. The first-order valence-electron chi connectivity index (χ1n) is 0.743. The zero-order valence-electron chi connectivity index (χ0n) is 2.99. The van der Waals surface area contributed by atoms with Gasteiger partial charge in [0, 0.05) is 0 Å². The molecule has 0 aliphatic carbocycles. The Morgan fingerprint density at radius 2 is 1.80 bits per heavy atom. The van der Waals surface area contributed by atoms with Crippen molar-refractivity contribution >= 4 is 17.8 Å². The molecule has 0 aromatic rings. The first-order valence-corrected chi connectivity index (χ1v) is 1.15. The molecule has 0 amide bonds. The van der Waals surface area contributed by atoms with Crippen LogP contribution in [-0.2, 0) is 12.6 Å². The van der Waals surface area contributed by atoms with Gasteiger partial charge in [0.1, 0.15) is 0 Å². The quantitative estimate of drug-likeness (QED) is 0.142. The second kappa shape index (κ2) is 4.69. The maximum absolute atomic E-state index is 6.09. The predicted octanol–water partition coefficient (Wildman–Crippen LogP) is -3.57. The van der Waals surface area contributed by atoms with Crippen molar-refractivity contribution in [2.45, 2.75) is 0 Å². The van der Waals surface area contributed by atoms with Crippen molar-refractivity contribution in [2.75, 3.05) is 0 Å². The van der Waals surface area contributed by atoms with E-state index in [1.54, 1.807) is 0 Å². The van der Waals surface area contributed by atoms with E-state index < -0.39 is 0 Å². The molecule has 2 nitrogen and oxygen atoms in total. The summed E-state index contributed by atoms with van der Waals surface area (Å²) in [5, 5.41) is 5.84. The number of nitrogens with one attached hydrogen (secondary N) is 1. The fourth-order valence-electron chi connectivity index (χ4n) is 0. The SMILES string of the molecule is N=C(N)[S-].[Na+]. The van der Waals surface area contributed by atoms with Crippen LogP contribution < -0.4 is 35.3 Å². The van der Waals surface area contributed by atoms with Crippen LogP contribution in [0, 0.1) is 5.41 Å². The summed E-state index contributed by atoms with van der Waals surface area (Å²) in [6.45, 7) is 0. The zero-order valence-corrected chi connectivity index (χ0v) is 5.80. The molecule has 0 radical (unpaired) electrons. The third-order valence-corrected chi connectivity index (χ3v) is 0. The van der Waals surface area contributed by atoms with Crippen LogP contribution in [0.5, 0.6) is 0 Å². The standard InChI is InChI=1S/CH4N2S.Na/c2-1(3)4;/h(H4,2,3,4);/q;+1/p-1. The number of hydrogen-bond donors (Lipinski definition) is 2. The van der Waals surface area contributed by atoms with E-state index in [0.717, 1.165) is 0 Å². The Labute approximate surface area is 58.3 Å². The van der Waals surface area contributed by atoms with Gasteiger partial charge < -0.3 is 23.8 Å². The summed E-state index contributed by atoms with van der Waals surface area (Å²) in [5.74, 6) is 0. The van der Waals surface area contributed by atoms with Gasteiger partial charge in [-0.05, 0) is 5.17 Å². The van der Waals surface area contributed by atoms with Crippen molar-refractivity contribution in [2.24, 2.45) is 5.73 Å². The molecule has 4 heteroatoms. The van der Waals surface area contributed by atoms with Crippen molar-refractivity contribution in [3.63, 3.8) is 0 Å². The van der Waals surface area contributed by atoms with E-state index in [1.807, 2.05) is 0 Å². The van der Waals surface area contributed by atoms with Crippen molar-refractivity contribution in [1.29, 1.82) is 5.41 Å². The van der Waals surface area contributed by atoms with Crippen LogP contribution in [0.15, 0.2) is 0 Å². The molecule has 24 valence electrons. The molecule has 0 aliphatic rings. The van der Waals surface area contributed by atoms with Crippen LogP contribution >= 0.6 is 0 Å². The summed E-state index contributed by atoms with van der Waals surface area (Å²) in [6, 6.07) is 0. The molecule has 0 aromatic carbocycles. The molecule has 3 N–H and O–H groups in total. The van der Waals surface area contributed by atoms with E-state index in [2.05, 4.69) is 18.4 Å². The van der Waals surface area contributed by atoms with Gasteiger partial charge in [0.05, 0.1) is 0 Å². The van der Waals surface area contributed by atoms with Crippen molar-refractivity contribution in [1.82, 2.24) is 0 Å². The molecule has 5 heavy (non-hydrogen) atoms. The topological polar surface area (TPSA) is 49.9 Å². The molecular weight excluding hydrogens is 95.1 g/mol. The monoisotopic (exact) mass is 98.0 g/mol. The normalized spacial score (nSPS) is 4.80. The summed E-state index contributed by atoms with van der Waals surface area (Å²) in [7, 11) is 0. The Balaban J connectivity index is 0. The van der Waals surface area contributed by atoms with Gasteiger partial charge in [0.2, 0.25) is 0 Å². The van der Waals surface area contributed by atoms with Gasteiger partial charge in [-0.25, -0.2) is 0 Å². The molecule has 0 fully saturated rings. The minimum Gasteiger partial charge on any atom is -0.744 e. The number of hydrogen-bond acceptors (Lipinski definition) is 2. The summed E-state index contributed by atoms with van der Waals surface area (Å²) in [4.78, 5) is 0. The predicted molar refractivity (Wildman–Crippen MR) is 19.3 cm³/mol. The average Bonchev–Trinajstić information content (AvgIpc) is 0.811. The molecule has 0 aromatic heterocycles. The maximum atomic E-state index is 6.09. The average molecular weight is 98.1 g/mol. The number of rotatable bonds is 0. The second-order valence-corrected chi connectivity index (χ2v) is 0.804. The molecule has 0 aliphatic heterocycles. The fourth-order valence-corrected chi connectivity index (χ4v) is 0. The second-order valence-electron chi connectivity index (χ2n) is 0.364. The minimum absolute atomic E-state index is 0. The Bertz CT molecular complexity index is 32.6. The molecule has 0 heterocycles. The van der Waals surface area contributed by atoms with Gasteiger partial charge >= 0.3 is 29.6 Å². The minimum atomic E-state index is -0.250. The summed E-state index contributed by atoms with van der Waals surface area (Å²) < 4.78 is 0. The molecule has 0 atom stereocenters. The van der Waals surface area contributed by atoms with Crippen LogP contribution in [0.25, 0.3) is 0 Å². The zero-order chi connectivity index (χ0) is 3.58. The van der Waals surface area contributed by atoms with E-state index in [0.29, 0.717) is 0 Å². The van der Waals surface area contributed by atoms with Crippen LogP contribution in [0.1, 0.15) is 0 Å². The molecule has 0 bridgehead atoms. The van der Waals surface area contributed by atoms with E-state index >= 15 is 0 Å². The summed E-state index contributed by atoms with van der Waals surface area (Å²) in [6.07, 6.45) is 0. The first kappa shape index (κ1) is 9.19. The van der Waals surface area contributed by atoms with Gasteiger partial charge in [-0.2, -0.15) is 0 Å². The molecule has 0 saturated heterocycles. The Morgan fingerprint density at radius 1 is 1.80 bits per heavy atom. The molecule has 0 saturated carbocycles. The van der Waals surface area contributed by atoms with Gasteiger partial charge in [-0.1, -0.05) is 0 Å². The number of amidine groups is 1. The Morgan fingerprint density at radius 3 is 1.80 bits per heavy atom. The Kier molecular flexibility index (Phi) is 8.62.